The van der Waals surface area contributed by atoms with Gasteiger partial charge in [0.05, 0.1) is 22.6 Å². The zero-order chi connectivity index (χ0) is 12.5. The number of methoxy groups -OCH3 is 1. The highest BCUT2D eigenvalue weighted by atomic mass is 79.9. The minimum Gasteiger partial charge on any atom is -0.495 e. The van der Waals surface area contributed by atoms with Gasteiger partial charge in [-0.3, -0.25) is 10.1 Å². The summed E-state index contributed by atoms with van der Waals surface area (Å²) in [5.74, 6) is 0.0217. The van der Waals surface area contributed by atoms with Gasteiger partial charge in [0.2, 0.25) is 0 Å². The minimum absolute atomic E-state index is 0.0217. The predicted octanol–water partition coefficient (Wildman–Crippen LogP) is 2.29. The Kier molecular flexibility index (Phi) is 3.76. The van der Waals surface area contributed by atoms with Crippen molar-refractivity contribution in [2.75, 3.05) is 7.11 Å². The van der Waals surface area contributed by atoms with Gasteiger partial charge in [0, 0.05) is 16.7 Å². The second-order valence-corrected chi connectivity index (χ2v) is 5.98. The highest BCUT2D eigenvalue weighted by Crippen LogP contribution is 2.37. The van der Waals surface area contributed by atoms with Gasteiger partial charge in [-0.25, -0.2) is 8.42 Å². The van der Waals surface area contributed by atoms with Crippen molar-refractivity contribution in [2.45, 2.75) is 4.90 Å². The highest BCUT2D eigenvalue weighted by molar-refractivity contribution is 9.10. The van der Waals surface area contributed by atoms with E-state index >= 15 is 0 Å². The topological polar surface area (TPSA) is 86.5 Å². The van der Waals surface area contributed by atoms with Crippen LogP contribution in [0.15, 0.2) is 21.5 Å². The molecule has 0 aliphatic rings. The Bertz CT molecular complexity index is 544. The van der Waals surface area contributed by atoms with E-state index in [1.807, 2.05) is 0 Å². The van der Waals surface area contributed by atoms with Gasteiger partial charge < -0.3 is 4.74 Å². The van der Waals surface area contributed by atoms with Gasteiger partial charge >= 0.3 is 0 Å². The summed E-state index contributed by atoms with van der Waals surface area (Å²) in [6, 6.07) is 1.95. The Balaban J connectivity index is 3.61. The molecule has 9 heteroatoms. The minimum atomic E-state index is -4.08. The fraction of sp³-hybridized carbons (Fsp3) is 0.143. The van der Waals surface area contributed by atoms with Gasteiger partial charge in [-0.2, -0.15) is 0 Å². The van der Waals surface area contributed by atoms with Crippen molar-refractivity contribution in [3.63, 3.8) is 0 Å². The van der Waals surface area contributed by atoms with E-state index in [9.17, 15) is 18.5 Å². The molecule has 0 saturated carbocycles. The first-order chi connectivity index (χ1) is 7.27. The maximum absolute atomic E-state index is 11.2. The molecule has 0 bridgehead atoms. The summed E-state index contributed by atoms with van der Waals surface area (Å²) in [7, 11) is 2.31. The molecule has 0 spiro atoms. The summed E-state index contributed by atoms with van der Waals surface area (Å²) in [5.41, 5.74) is -0.417. The number of non-ortho nitro benzene ring substituents is 1. The fourth-order valence-electron chi connectivity index (χ4n) is 0.990. The van der Waals surface area contributed by atoms with Crippen molar-refractivity contribution in [1.29, 1.82) is 0 Å². The number of halogens is 2. The van der Waals surface area contributed by atoms with Gasteiger partial charge in [0.15, 0.2) is 0 Å². The molecule has 0 unspecified atom stereocenters. The summed E-state index contributed by atoms with van der Waals surface area (Å²) in [6.07, 6.45) is 0. The second kappa shape index (κ2) is 4.56. The molecule has 0 N–H and O–H groups in total. The van der Waals surface area contributed by atoms with Crippen molar-refractivity contribution < 1.29 is 18.1 Å². The SMILES string of the molecule is COc1cc([N+](=O)[O-])cc(S(=O)(=O)Cl)c1Br. The number of nitro groups is 1. The number of hydrogen-bond acceptors (Lipinski definition) is 5. The predicted molar refractivity (Wildman–Crippen MR) is 60.4 cm³/mol. The quantitative estimate of drug-likeness (QED) is 0.482. The molecule has 0 radical (unpaired) electrons. The molecule has 0 amide bonds. The number of benzene rings is 1. The van der Waals surface area contributed by atoms with E-state index < -0.39 is 24.6 Å². The molecule has 0 aliphatic heterocycles. The summed E-state index contributed by atoms with van der Waals surface area (Å²) in [5, 5.41) is 10.6. The molecular formula is C7H5BrClNO5S. The lowest BCUT2D eigenvalue weighted by Crippen LogP contribution is -1.98. The zero-order valence-corrected chi connectivity index (χ0v) is 11.0. The van der Waals surface area contributed by atoms with Crippen molar-refractivity contribution in [1.82, 2.24) is 0 Å². The highest BCUT2D eigenvalue weighted by Gasteiger charge is 2.23. The smallest absolute Gasteiger partial charge is 0.274 e. The Morgan fingerprint density at radius 1 is 1.50 bits per heavy atom. The summed E-state index contributed by atoms with van der Waals surface area (Å²) in [6.45, 7) is 0. The van der Waals surface area contributed by atoms with Crippen LogP contribution >= 0.6 is 26.6 Å². The molecule has 0 aromatic heterocycles. The van der Waals surface area contributed by atoms with Gasteiger partial charge in [-0.15, -0.1) is 0 Å². The fourth-order valence-corrected chi connectivity index (χ4v) is 3.24. The normalized spacial score (nSPS) is 11.2. The zero-order valence-electron chi connectivity index (χ0n) is 7.81. The number of nitrogens with zero attached hydrogens (tertiary/aromatic N) is 1. The van der Waals surface area contributed by atoms with E-state index in [0.717, 1.165) is 12.1 Å². The van der Waals surface area contributed by atoms with Crippen molar-refractivity contribution in [3.05, 3.63) is 26.7 Å². The van der Waals surface area contributed by atoms with Crippen LogP contribution < -0.4 is 4.74 Å². The van der Waals surface area contributed by atoms with Gasteiger partial charge in [-0.05, 0) is 15.9 Å². The molecule has 6 nitrogen and oxygen atoms in total. The molecule has 0 aliphatic carbocycles. The average Bonchev–Trinajstić information content (AvgIpc) is 2.15. The molecule has 0 saturated heterocycles. The molecule has 1 rings (SSSR count). The molecule has 1 aromatic carbocycles. The van der Waals surface area contributed by atoms with E-state index in [-0.39, 0.29) is 10.2 Å². The summed E-state index contributed by atoms with van der Waals surface area (Å²) < 4.78 is 27.2. The van der Waals surface area contributed by atoms with Crippen LogP contribution in [-0.4, -0.2) is 20.5 Å². The van der Waals surface area contributed by atoms with Crippen molar-refractivity contribution >= 4 is 41.4 Å². The third-order valence-electron chi connectivity index (χ3n) is 1.68. The van der Waals surface area contributed by atoms with E-state index in [1.54, 1.807) is 0 Å². The molecule has 0 heterocycles. The maximum atomic E-state index is 11.2. The third-order valence-corrected chi connectivity index (χ3v) is 4.11. The summed E-state index contributed by atoms with van der Waals surface area (Å²) >= 11 is 2.95. The van der Waals surface area contributed by atoms with E-state index in [4.69, 9.17) is 15.4 Å². The molecule has 0 atom stereocenters. The lowest BCUT2D eigenvalue weighted by atomic mass is 10.3. The van der Waals surface area contributed by atoms with E-state index in [1.165, 1.54) is 7.11 Å². The number of rotatable bonds is 3. The first kappa shape index (κ1) is 13.2. The Labute approximate surface area is 104 Å². The second-order valence-electron chi connectivity index (χ2n) is 2.66. The lowest BCUT2D eigenvalue weighted by molar-refractivity contribution is -0.385. The van der Waals surface area contributed by atoms with Gasteiger partial charge in [0.1, 0.15) is 10.6 Å². The number of hydrogen-bond donors (Lipinski definition) is 0. The molecular weight excluding hydrogens is 326 g/mol. The van der Waals surface area contributed by atoms with Crippen LogP contribution in [0.3, 0.4) is 0 Å². The van der Waals surface area contributed by atoms with Crippen LogP contribution in [0.5, 0.6) is 5.75 Å². The number of ether oxygens (including phenoxy) is 1. The molecule has 16 heavy (non-hydrogen) atoms. The van der Waals surface area contributed by atoms with Crippen LogP contribution in [-0.2, 0) is 9.05 Å². The maximum Gasteiger partial charge on any atom is 0.274 e. The number of nitro benzene ring substituents is 1. The third kappa shape index (κ3) is 2.63. The molecule has 0 fully saturated rings. The van der Waals surface area contributed by atoms with Crippen molar-refractivity contribution in [3.8, 4) is 5.75 Å². The molecule has 88 valence electrons. The van der Waals surface area contributed by atoms with Crippen LogP contribution in [0.2, 0.25) is 0 Å². The van der Waals surface area contributed by atoms with E-state index in [2.05, 4.69) is 15.9 Å². The summed E-state index contributed by atoms with van der Waals surface area (Å²) in [4.78, 5) is 9.42. The van der Waals surface area contributed by atoms with Gasteiger partial charge in [0.25, 0.3) is 14.7 Å². The Morgan fingerprint density at radius 2 is 2.06 bits per heavy atom. The van der Waals surface area contributed by atoms with Crippen LogP contribution in [0, 0.1) is 10.1 Å². The first-order valence-corrected chi connectivity index (χ1v) is 6.84. The van der Waals surface area contributed by atoms with Crippen LogP contribution in [0.1, 0.15) is 0 Å². The monoisotopic (exact) mass is 329 g/mol. The largest absolute Gasteiger partial charge is 0.495 e. The average molecular weight is 331 g/mol. The van der Waals surface area contributed by atoms with Crippen LogP contribution in [0.25, 0.3) is 0 Å². The van der Waals surface area contributed by atoms with Crippen LogP contribution in [0.4, 0.5) is 5.69 Å². The standard InChI is InChI=1S/C7H5BrClNO5S/c1-15-5-2-4(10(11)12)3-6(7(5)8)16(9,13)14/h2-3H,1H3. The van der Waals surface area contributed by atoms with E-state index in [0.29, 0.717) is 0 Å². The van der Waals surface area contributed by atoms with Crippen molar-refractivity contribution in [2.24, 2.45) is 0 Å². The van der Waals surface area contributed by atoms with Gasteiger partial charge in [-0.1, -0.05) is 0 Å². The first-order valence-electron chi connectivity index (χ1n) is 3.74. The Morgan fingerprint density at radius 3 is 2.44 bits per heavy atom. The Hall–Kier alpha value is -0.860. The molecule has 1 aromatic rings. The lowest BCUT2D eigenvalue weighted by Gasteiger charge is -2.06.